The number of ether oxygens (including phenoxy) is 1. The van der Waals surface area contributed by atoms with E-state index in [0.717, 1.165) is 24.4 Å². The maximum Gasteiger partial charge on any atom is 0.182 e. The Bertz CT molecular complexity index is 596. The Morgan fingerprint density at radius 3 is 3.00 bits per heavy atom. The summed E-state index contributed by atoms with van der Waals surface area (Å²) in [5.41, 5.74) is 7.23. The third-order valence-corrected chi connectivity index (χ3v) is 3.95. The third-order valence-electron chi connectivity index (χ3n) is 3.95. The van der Waals surface area contributed by atoms with E-state index in [4.69, 9.17) is 10.5 Å². The molecular formula is C13H17N5O. The average Bonchev–Trinajstić information content (AvgIpc) is 2.98. The Hall–Kier alpha value is -1.95. The van der Waals surface area contributed by atoms with E-state index in [1.807, 2.05) is 28.9 Å². The fourth-order valence-corrected chi connectivity index (χ4v) is 2.49. The first-order chi connectivity index (χ1) is 9.11. The second-order valence-electron chi connectivity index (χ2n) is 5.16. The van der Waals surface area contributed by atoms with Crippen LogP contribution in [0, 0.1) is 0 Å². The van der Waals surface area contributed by atoms with Crippen LogP contribution in [-0.2, 0) is 10.3 Å². The van der Waals surface area contributed by atoms with E-state index in [9.17, 15) is 0 Å². The van der Waals surface area contributed by atoms with Gasteiger partial charge in [0.1, 0.15) is 0 Å². The Morgan fingerprint density at radius 2 is 2.32 bits per heavy atom. The molecule has 0 saturated carbocycles. The predicted octanol–water partition coefficient (Wildman–Crippen LogP) is 1.45. The number of aromatic nitrogens is 4. The summed E-state index contributed by atoms with van der Waals surface area (Å²) in [5.74, 6) is 0.729. The van der Waals surface area contributed by atoms with Crippen LogP contribution in [0.15, 0.2) is 24.3 Å². The highest BCUT2D eigenvalue weighted by Gasteiger charge is 2.41. The summed E-state index contributed by atoms with van der Waals surface area (Å²) < 4.78 is 7.53. The lowest BCUT2D eigenvalue weighted by Gasteiger charge is -2.28. The zero-order valence-electron chi connectivity index (χ0n) is 11.1. The third kappa shape index (κ3) is 1.88. The highest BCUT2D eigenvalue weighted by molar-refractivity contribution is 5.60. The number of hydrogen-bond donors (Lipinski definition) is 1. The van der Waals surface area contributed by atoms with E-state index in [1.54, 1.807) is 0 Å². The highest BCUT2D eigenvalue weighted by Crippen LogP contribution is 2.35. The largest absolute Gasteiger partial charge is 0.399 e. The molecule has 19 heavy (non-hydrogen) atoms. The van der Waals surface area contributed by atoms with Gasteiger partial charge in [-0.3, -0.25) is 0 Å². The minimum absolute atomic E-state index is 0.0795. The van der Waals surface area contributed by atoms with Crippen molar-refractivity contribution in [1.82, 2.24) is 20.2 Å². The summed E-state index contributed by atoms with van der Waals surface area (Å²) in [5, 5.41) is 12.1. The number of hydrogen-bond acceptors (Lipinski definition) is 5. The van der Waals surface area contributed by atoms with Crippen LogP contribution < -0.4 is 5.73 Å². The molecule has 6 heteroatoms. The van der Waals surface area contributed by atoms with Crippen molar-refractivity contribution in [2.24, 2.45) is 0 Å². The average molecular weight is 259 g/mol. The van der Waals surface area contributed by atoms with Crippen molar-refractivity contribution in [1.29, 1.82) is 0 Å². The van der Waals surface area contributed by atoms with Gasteiger partial charge >= 0.3 is 0 Å². The number of nitrogen functional groups attached to an aromatic ring is 1. The van der Waals surface area contributed by atoms with Crippen LogP contribution in [0.4, 0.5) is 5.69 Å². The molecule has 2 aromatic rings. The van der Waals surface area contributed by atoms with E-state index in [-0.39, 0.29) is 11.6 Å². The second kappa shape index (κ2) is 4.31. The van der Waals surface area contributed by atoms with Gasteiger partial charge in [-0.2, -0.15) is 0 Å². The van der Waals surface area contributed by atoms with Gasteiger partial charge < -0.3 is 10.5 Å². The van der Waals surface area contributed by atoms with Crippen molar-refractivity contribution in [3.8, 4) is 11.4 Å². The van der Waals surface area contributed by atoms with Crippen molar-refractivity contribution in [2.75, 3.05) is 12.3 Å². The summed E-state index contributed by atoms with van der Waals surface area (Å²) in [6.07, 6.45) is 0.977. The quantitative estimate of drug-likeness (QED) is 0.826. The molecule has 2 N–H and O–H groups in total. The molecule has 100 valence electrons. The monoisotopic (exact) mass is 259 g/mol. The molecule has 3 rings (SSSR count). The number of nitrogens with zero attached hydrogens (tertiary/aromatic N) is 4. The van der Waals surface area contributed by atoms with Crippen molar-refractivity contribution in [3.63, 3.8) is 0 Å². The second-order valence-corrected chi connectivity index (χ2v) is 5.16. The first-order valence-electron chi connectivity index (χ1n) is 6.37. The molecule has 1 aromatic heterocycles. The molecule has 1 aliphatic rings. The lowest BCUT2D eigenvalue weighted by Crippen LogP contribution is -2.38. The fraction of sp³-hybridized carbons (Fsp3) is 0.462. The molecular weight excluding hydrogens is 242 g/mol. The number of rotatable bonds is 2. The standard InChI is InChI=1S/C13H17N5O/c1-9-13(2,6-7-19-9)18-12(15-16-17-18)10-4-3-5-11(14)8-10/h3-5,8-9H,6-7,14H2,1-2H3. The van der Waals surface area contributed by atoms with Crippen molar-refractivity contribution in [2.45, 2.75) is 31.9 Å². The van der Waals surface area contributed by atoms with Gasteiger partial charge in [0, 0.05) is 17.9 Å². The van der Waals surface area contributed by atoms with Gasteiger partial charge in [0.05, 0.1) is 11.6 Å². The minimum atomic E-state index is -0.219. The predicted molar refractivity (Wildman–Crippen MR) is 71.3 cm³/mol. The molecule has 2 heterocycles. The molecule has 2 atom stereocenters. The molecule has 1 aliphatic heterocycles. The summed E-state index contributed by atoms with van der Waals surface area (Å²) in [4.78, 5) is 0. The molecule has 0 amide bonds. The van der Waals surface area contributed by atoms with Gasteiger partial charge in [0.15, 0.2) is 5.82 Å². The Labute approximate surface area is 111 Å². The van der Waals surface area contributed by atoms with Gasteiger partial charge in [-0.1, -0.05) is 12.1 Å². The van der Waals surface area contributed by atoms with E-state index in [1.165, 1.54) is 0 Å². The zero-order chi connectivity index (χ0) is 13.5. The Balaban J connectivity index is 2.08. The molecule has 0 aliphatic carbocycles. The van der Waals surface area contributed by atoms with Crippen LogP contribution in [0.1, 0.15) is 20.3 Å². The lowest BCUT2D eigenvalue weighted by atomic mass is 9.94. The van der Waals surface area contributed by atoms with Gasteiger partial charge in [-0.05, 0) is 42.8 Å². The number of tetrazole rings is 1. The summed E-state index contributed by atoms with van der Waals surface area (Å²) in [6, 6.07) is 7.59. The first kappa shape index (κ1) is 12.1. The van der Waals surface area contributed by atoms with Gasteiger partial charge in [-0.25, -0.2) is 4.68 Å². The van der Waals surface area contributed by atoms with Crippen LogP contribution >= 0.6 is 0 Å². The maximum atomic E-state index is 5.83. The SMILES string of the molecule is CC1OCCC1(C)n1nnnc1-c1cccc(N)c1. The first-order valence-corrected chi connectivity index (χ1v) is 6.37. The van der Waals surface area contributed by atoms with Crippen molar-refractivity contribution < 1.29 is 4.74 Å². The molecule has 0 radical (unpaired) electrons. The van der Waals surface area contributed by atoms with Gasteiger partial charge in [0.2, 0.25) is 0 Å². The lowest BCUT2D eigenvalue weighted by molar-refractivity contribution is 0.0706. The molecule has 1 fully saturated rings. The van der Waals surface area contributed by atoms with Crippen molar-refractivity contribution in [3.05, 3.63) is 24.3 Å². The molecule has 6 nitrogen and oxygen atoms in total. The van der Waals surface area contributed by atoms with Crippen LogP contribution in [0.5, 0.6) is 0 Å². The van der Waals surface area contributed by atoms with Gasteiger partial charge in [0.25, 0.3) is 0 Å². The van der Waals surface area contributed by atoms with Crippen molar-refractivity contribution >= 4 is 5.69 Å². The van der Waals surface area contributed by atoms with Crippen LogP contribution in [0.3, 0.4) is 0 Å². The maximum absolute atomic E-state index is 5.83. The topological polar surface area (TPSA) is 78.8 Å². The highest BCUT2D eigenvalue weighted by atomic mass is 16.5. The number of nitrogens with two attached hydrogens (primary N) is 1. The molecule has 0 spiro atoms. The van der Waals surface area contributed by atoms with Crippen LogP contribution in [-0.4, -0.2) is 32.9 Å². The van der Waals surface area contributed by atoms with E-state index >= 15 is 0 Å². The normalized spacial score (nSPS) is 26.7. The van der Waals surface area contributed by atoms with E-state index in [0.29, 0.717) is 5.69 Å². The summed E-state index contributed by atoms with van der Waals surface area (Å²) in [6.45, 7) is 4.91. The van der Waals surface area contributed by atoms with E-state index < -0.39 is 0 Å². The molecule has 0 bridgehead atoms. The number of anilines is 1. The zero-order valence-corrected chi connectivity index (χ0v) is 11.1. The summed E-state index contributed by atoms with van der Waals surface area (Å²) in [7, 11) is 0. The van der Waals surface area contributed by atoms with Crippen LogP contribution in [0.25, 0.3) is 11.4 Å². The van der Waals surface area contributed by atoms with Crippen LogP contribution in [0.2, 0.25) is 0 Å². The molecule has 2 unspecified atom stereocenters. The Kier molecular flexibility index (Phi) is 2.74. The fourth-order valence-electron chi connectivity index (χ4n) is 2.49. The van der Waals surface area contributed by atoms with Gasteiger partial charge in [-0.15, -0.1) is 5.10 Å². The van der Waals surface area contributed by atoms with E-state index in [2.05, 4.69) is 29.4 Å². The minimum Gasteiger partial charge on any atom is -0.399 e. The molecule has 1 saturated heterocycles. The molecule has 1 aromatic carbocycles. The summed E-state index contributed by atoms with van der Waals surface area (Å²) >= 11 is 0. The number of benzene rings is 1. The Morgan fingerprint density at radius 1 is 1.47 bits per heavy atom. The smallest absolute Gasteiger partial charge is 0.182 e.